The fraction of sp³-hybridized carbons (Fsp3) is 0. The zero-order valence-corrected chi connectivity index (χ0v) is 10.3. The van der Waals surface area contributed by atoms with E-state index in [4.69, 9.17) is 4.55 Å². The molecule has 0 bridgehead atoms. The molecular formula is C12H13N3O2S. The third-order valence-corrected chi connectivity index (χ3v) is 2.63. The molecule has 0 aliphatic carbocycles. The molecule has 0 saturated heterocycles. The van der Waals surface area contributed by atoms with Crippen molar-refractivity contribution in [3.63, 3.8) is 0 Å². The van der Waals surface area contributed by atoms with Gasteiger partial charge in [0.05, 0.1) is 11.4 Å². The van der Waals surface area contributed by atoms with Gasteiger partial charge in [0, 0.05) is 5.69 Å². The van der Waals surface area contributed by atoms with E-state index in [1.807, 2.05) is 30.3 Å². The van der Waals surface area contributed by atoms with Crippen molar-refractivity contribution in [2.24, 2.45) is 0 Å². The van der Waals surface area contributed by atoms with E-state index < -0.39 is 11.3 Å². The van der Waals surface area contributed by atoms with Crippen LogP contribution in [0.3, 0.4) is 0 Å². The molecule has 4 N–H and O–H groups in total. The quantitative estimate of drug-likeness (QED) is 0.494. The van der Waals surface area contributed by atoms with Crippen LogP contribution in [0, 0.1) is 0 Å². The summed E-state index contributed by atoms with van der Waals surface area (Å²) in [5, 5.41) is 0. The van der Waals surface area contributed by atoms with Crippen molar-refractivity contribution >= 4 is 28.3 Å². The van der Waals surface area contributed by atoms with E-state index >= 15 is 0 Å². The molecule has 1 unspecified atom stereocenters. The van der Waals surface area contributed by atoms with E-state index in [0.29, 0.717) is 5.69 Å². The molecule has 0 aromatic heterocycles. The van der Waals surface area contributed by atoms with E-state index in [1.165, 1.54) is 0 Å². The number of hydrogen-bond acceptors (Lipinski definition) is 3. The topological polar surface area (TPSA) is 73.4 Å². The smallest absolute Gasteiger partial charge is 0.259 e. The number of nitrogens with one attached hydrogen (secondary N) is 3. The van der Waals surface area contributed by atoms with Crippen molar-refractivity contribution in [1.82, 2.24) is 0 Å². The molecule has 0 radical (unpaired) electrons. The van der Waals surface area contributed by atoms with Gasteiger partial charge in [-0.25, -0.2) is 4.21 Å². The molecule has 94 valence electrons. The minimum absolute atomic E-state index is 0.584. The molecule has 0 aliphatic rings. The Morgan fingerprint density at radius 2 is 1.28 bits per heavy atom. The first-order valence-electron chi connectivity index (χ1n) is 5.29. The molecule has 2 aromatic rings. The number of para-hydroxylation sites is 1. The molecule has 0 spiro atoms. The Morgan fingerprint density at radius 3 is 1.83 bits per heavy atom. The fourth-order valence-corrected chi connectivity index (χ4v) is 1.73. The lowest BCUT2D eigenvalue weighted by Gasteiger charge is -2.10. The van der Waals surface area contributed by atoms with Crippen molar-refractivity contribution in [2.45, 2.75) is 0 Å². The van der Waals surface area contributed by atoms with Crippen LogP contribution in [0.1, 0.15) is 0 Å². The van der Waals surface area contributed by atoms with Crippen LogP contribution in [0.25, 0.3) is 0 Å². The molecular weight excluding hydrogens is 250 g/mol. The lowest BCUT2D eigenvalue weighted by molar-refractivity contribution is 0.570. The van der Waals surface area contributed by atoms with Crippen LogP contribution in [0.2, 0.25) is 0 Å². The van der Waals surface area contributed by atoms with Gasteiger partial charge in [-0.15, -0.1) is 0 Å². The van der Waals surface area contributed by atoms with Crippen LogP contribution in [0.5, 0.6) is 0 Å². The normalized spacial score (nSPS) is 11.6. The van der Waals surface area contributed by atoms with Crippen molar-refractivity contribution in [3.8, 4) is 0 Å². The largest absolute Gasteiger partial charge is 0.301 e. The van der Waals surface area contributed by atoms with Gasteiger partial charge in [-0.3, -0.25) is 9.27 Å². The number of rotatable bonds is 5. The van der Waals surface area contributed by atoms with Crippen LogP contribution in [-0.4, -0.2) is 8.76 Å². The van der Waals surface area contributed by atoms with Gasteiger partial charge in [-0.2, -0.15) is 0 Å². The first-order chi connectivity index (χ1) is 8.74. The highest BCUT2D eigenvalue weighted by Crippen LogP contribution is 2.14. The summed E-state index contributed by atoms with van der Waals surface area (Å²) < 4.78 is 21.6. The first-order valence-corrected chi connectivity index (χ1v) is 6.39. The molecule has 0 fully saturated rings. The van der Waals surface area contributed by atoms with Crippen molar-refractivity contribution in [2.75, 3.05) is 15.6 Å². The van der Waals surface area contributed by atoms with Crippen LogP contribution in [0.15, 0.2) is 54.6 Å². The molecule has 6 heteroatoms. The Labute approximate surface area is 108 Å². The Morgan fingerprint density at radius 1 is 0.778 bits per heavy atom. The van der Waals surface area contributed by atoms with Crippen LogP contribution in [-0.2, 0) is 11.3 Å². The summed E-state index contributed by atoms with van der Waals surface area (Å²) in [5.41, 5.74) is 8.46. The van der Waals surface area contributed by atoms with Crippen molar-refractivity contribution in [1.29, 1.82) is 0 Å². The Balaban J connectivity index is 1.92. The van der Waals surface area contributed by atoms with Gasteiger partial charge in [0.25, 0.3) is 11.3 Å². The average molecular weight is 263 g/mol. The van der Waals surface area contributed by atoms with Crippen molar-refractivity contribution < 1.29 is 8.76 Å². The molecule has 0 heterocycles. The first kappa shape index (κ1) is 12.4. The van der Waals surface area contributed by atoms with E-state index in [-0.39, 0.29) is 0 Å². The minimum atomic E-state index is -2.04. The number of benzene rings is 2. The van der Waals surface area contributed by atoms with Crippen LogP contribution < -0.4 is 15.6 Å². The van der Waals surface area contributed by atoms with Gasteiger partial charge >= 0.3 is 0 Å². The highest BCUT2D eigenvalue weighted by atomic mass is 32.2. The Hall–Kier alpha value is -2.05. The maximum absolute atomic E-state index is 10.5. The molecule has 0 aliphatic heterocycles. The minimum Gasteiger partial charge on any atom is -0.301 e. The monoisotopic (exact) mass is 263 g/mol. The summed E-state index contributed by atoms with van der Waals surface area (Å²) in [7, 11) is 0. The molecule has 2 rings (SSSR count). The molecule has 0 saturated carbocycles. The van der Waals surface area contributed by atoms with Crippen LogP contribution in [0.4, 0.5) is 17.1 Å². The second-order valence-corrected chi connectivity index (χ2v) is 4.25. The number of anilines is 3. The third kappa shape index (κ3) is 3.76. The van der Waals surface area contributed by atoms with Gasteiger partial charge in [-0.05, 0) is 36.4 Å². The molecule has 0 amide bonds. The summed E-state index contributed by atoms with van der Waals surface area (Å²) in [4.78, 5) is 0. The lowest BCUT2D eigenvalue weighted by Crippen LogP contribution is -2.08. The predicted molar refractivity (Wildman–Crippen MR) is 74.5 cm³/mol. The maximum atomic E-state index is 10.5. The fourth-order valence-electron chi connectivity index (χ4n) is 1.39. The van der Waals surface area contributed by atoms with Gasteiger partial charge in [0.1, 0.15) is 0 Å². The van der Waals surface area contributed by atoms with Gasteiger partial charge in [0.2, 0.25) is 0 Å². The lowest BCUT2D eigenvalue weighted by atomic mass is 10.3. The third-order valence-electron chi connectivity index (χ3n) is 2.22. The summed E-state index contributed by atoms with van der Waals surface area (Å²) in [6.45, 7) is 0. The Bertz CT molecular complexity index is 517. The predicted octanol–water partition coefficient (Wildman–Crippen LogP) is 2.67. The number of hydrogen-bond donors (Lipinski definition) is 4. The van der Waals surface area contributed by atoms with Gasteiger partial charge in [-0.1, -0.05) is 18.2 Å². The van der Waals surface area contributed by atoms with E-state index in [2.05, 4.69) is 15.6 Å². The standard InChI is InChI=1S/C12H13N3O2S/c16-18(17)15-12-8-6-11(7-9-12)14-13-10-4-2-1-3-5-10/h1-9,13-15H,(H,16,17). The summed E-state index contributed by atoms with van der Waals surface area (Å²) in [5.74, 6) is 0. The average Bonchev–Trinajstić information content (AvgIpc) is 2.38. The van der Waals surface area contributed by atoms with Crippen molar-refractivity contribution in [3.05, 3.63) is 54.6 Å². The van der Waals surface area contributed by atoms with Gasteiger partial charge in [0.15, 0.2) is 0 Å². The van der Waals surface area contributed by atoms with E-state index in [9.17, 15) is 4.21 Å². The molecule has 5 nitrogen and oxygen atoms in total. The summed E-state index contributed by atoms with van der Waals surface area (Å²) in [6.07, 6.45) is 0. The zero-order valence-electron chi connectivity index (χ0n) is 9.46. The van der Waals surface area contributed by atoms with E-state index in [1.54, 1.807) is 24.3 Å². The highest BCUT2D eigenvalue weighted by Gasteiger charge is 1.96. The van der Waals surface area contributed by atoms with Crippen LogP contribution >= 0.6 is 0 Å². The summed E-state index contributed by atoms with van der Waals surface area (Å²) in [6, 6.07) is 16.7. The SMILES string of the molecule is O=S(O)Nc1ccc(NNc2ccccc2)cc1. The molecule has 18 heavy (non-hydrogen) atoms. The Kier molecular flexibility index (Phi) is 4.16. The van der Waals surface area contributed by atoms with E-state index in [0.717, 1.165) is 11.4 Å². The highest BCUT2D eigenvalue weighted by molar-refractivity contribution is 7.80. The molecule has 1 atom stereocenters. The maximum Gasteiger partial charge on any atom is 0.259 e. The van der Waals surface area contributed by atoms with Gasteiger partial charge < -0.3 is 10.9 Å². The second kappa shape index (κ2) is 6.04. The summed E-state index contributed by atoms with van der Waals surface area (Å²) >= 11 is -2.04. The molecule has 2 aromatic carbocycles. The number of hydrazine groups is 1. The zero-order chi connectivity index (χ0) is 12.8. The second-order valence-electron chi connectivity index (χ2n) is 3.54.